The highest BCUT2D eigenvalue weighted by molar-refractivity contribution is 5.77. The molecule has 0 amide bonds. The summed E-state index contributed by atoms with van der Waals surface area (Å²) >= 11 is 0. The number of oxazole rings is 1. The van der Waals surface area contributed by atoms with Crippen LogP contribution in [0.15, 0.2) is 47.0 Å². The zero-order valence-electron chi connectivity index (χ0n) is 13.6. The maximum absolute atomic E-state index is 5.99. The summed E-state index contributed by atoms with van der Waals surface area (Å²) in [5.41, 5.74) is 3.69. The van der Waals surface area contributed by atoms with E-state index in [1.807, 2.05) is 24.4 Å². The number of fused-ring (bicyclic) bond motifs is 5. The molecule has 3 aromatic rings. The average molecular weight is 320 g/mol. The van der Waals surface area contributed by atoms with Crippen molar-refractivity contribution in [2.75, 3.05) is 31.1 Å². The van der Waals surface area contributed by atoms with Gasteiger partial charge in [0.2, 0.25) is 5.71 Å². The molecule has 0 N–H and O–H groups in total. The van der Waals surface area contributed by atoms with Crippen LogP contribution in [0.2, 0.25) is 0 Å². The van der Waals surface area contributed by atoms with E-state index < -0.39 is 0 Å². The molecule has 0 saturated carbocycles. The first kappa shape index (κ1) is 14.0. The van der Waals surface area contributed by atoms with Gasteiger partial charge >= 0.3 is 0 Å². The van der Waals surface area contributed by atoms with E-state index in [9.17, 15) is 0 Å². The lowest BCUT2D eigenvalue weighted by Crippen LogP contribution is -2.38. The molecule has 1 aromatic carbocycles. The number of nitrogens with zero attached hydrogens (tertiary/aromatic N) is 4. The summed E-state index contributed by atoms with van der Waals surface area (Å²) in [5.74, 6) is 0. The highest BCUT2D eigenvalue weighted by Gasteiger charge is 2.31. The van der Waals surface area contributed by atoms with Crippen molar-refractivity contribution in [2.45, 2.75) is 18.9 Å². The molecule has 5 heteroatoms. The molecule has 2 bridgehead atoms. The zero-order valence-corrected chi connectivity index (χ0v) is 13.6. The van der Waals surface area contributed by atoms with E-state index in [4.69, 9.17) is 9.40 Å². The van der Waals surface area contributed by atoms with Crippen LogP contribution in [0.25, 0.3) is 22.4 Å². The molecule has 3 aliphatic heterocycles. The van der Waals surface area contributed by atoms with Crippen LogP contribution >= 0.6 is 0 Å². The predicted molar refractivity (Wildman–Crippen MR) is 94.0 cm³/mol. The van der Waals surface area contributed by atoms with E-state index in [2.05, 4.69) is 33.0 Å². The van der Waals surface area contributed by atoms with Gasteiger partial charge in [-0.1, -0.05) is 30.3 Å². The molecule has 6 rings (SSSR count). The van der Waals surface area contributed by atoms with Gasteiger partial charge in [0.25, 0.3) is 6.01 Å². The normalized spacial score (nSPS) is 23.6. The minimum absolute atomic E-state index is 0.547. The number of piperidine rings is 1. The minimum Gasteiger partial charge on any atom is -0.404 e. The van der Waals surface area contributed by atoms with E-state index >= 15 is 0 Å². The Hall–Kier alpha value is -2.40. The van der Waals surface area contributed by atoms with Crippen molar-refractivity contribution in [3.05, 3.63) is 42.6 Å². The Morgan fingerprint density at radius 1 is 0.958 bits per heavy atom. The van der Waals surface area contributed by atoms with Gasteiger partial charge in [0.05, 0.1) is 0 Å². The van der Waals surface area contributed by atoms with Gasteiger partial charge in [0.15, 0.2) is 0 Å². The van der Waals surface area contributed by atoms with Crippen LogP contribution < -0.4 is 4.90 Å². The molecule has 2 aromatic heterocycles. The molecule has 0 unspecified atom stereocenters. The molecule has 0 aliphatic carbocycles. The van der Waals surface area contributed by atoms with Crippen molar-refractivity contribution in [3.63, 3.8) is 0 Å². The first-order valence-electron chi connectivity index (χ1n) is 8.68. The Balaban J connectivity index is 1.52. The van der Waals surface area contributed by atoms with Crippen LogP contribution in [0.1, 0.15) is 12.8 Å². The Labute approximate surface area is 140 Å². The van der Waals surface area contributed by atoms with Crippen molar-refractivity contribution in [3.8, 4) is 11.1 Å². The largest absolute Gasteiger partial charge is 0.404 e. The second-order valence-corrected chi connectivity index (χ2v) is 6.68. The van der Waals surface area contributed by atoms with E-state index in [0.717, 1.165) is 35.7 Å². The highest BCUT2D eigenvalue weighted by atomic mass is 16.4. The predicted octanol–water partition coefficient (Wildman–Crippen LogP) is 3.17. The summed E-state index contributed by atoms with van der Waals surface area (Å²) in [6.45, 7) is 4.47. The molecule has 122 valence electrons. The first-order valence-corrected chi connectivity index (χ1v) is 8.68. The van der Waals surface area contributed by atoms with Crippen molar-refractivity contribution < 1.29 is 4.42 Å². The fourth-order valence-electron chi connectivity index (χ4n) is 3.86. The molecule has 3 fully saturated rings. The van der Waals surface area contributed by atoms with Crippen LogP contribution in [0.4, 0.5) is 6.01 Å². The van der Waals surface area contributed by atoms with E-state index in [0.29, 0.717) is 11.8 Å². The molecule has 3 aliphatic rings. The number of aromatic nitrogens is 2. The minimum atomic E-state index is 0.547. The standard InChI is InChI=1S/C19H20N4O/c1-2-4-14(5-3-1)15-12-17-18(20-13-15)24-19(21-17)23-11-10-22-8-6-16(23)7-9-22/h1-5,12-13,16H,6-11H2. The zero-order chi connectivity index (χ0) is 15.9. The fourth-order valence-corrected chi connectivity index (χ4v) is 3.86. The van der Waals surface area contributed by atoms with Crippen LogP contribution in [0, 0.1) is 0 Å². The van der Waals surface area contributed by atoms with Gasteiger partial charge < -0.3 is 14.2 Å². The van der Waals surface area contributed by atoms with Crippen LogP contribution in [-0.2, 0) is 0 Å². The lowest BCUT2D eigenvalue weighted by molar-refractivity contribution is 0.249. The molecule has 24 heavy (non-hydrogen) atoms. The monoisotopic (exact) mass is 320 g/mol. The summed E-state index contributed by atoms with van der Waals surface area (Å²) in [7, 11) is 0. The first-order chi connectivity index (χ1) is 11.9. The Kier molecular flexibility index (Phi) is 3.26. The molecule has 0 atom stereocenters. The summed E-state index contributed by atoms with van der Waals surface area (Å²) in [6.07, 6.45) is 4.26. The average Bonchev–Trinajstić information content (AvgIpc) is 2.82. The topological polar surface area (TPSA) is 45.4 Å². The quantitative estimate of drug-likeness (QED) is 0.726. The summed E-state index contributed by atoms with van der Waals surface area (Å²) < 4.78 is 5.99. The number of benzene rings is 1. The number of hydrogen-bond donors (Lipinski definition) is 0. The van der Waals surface area contributed by atoms with Gasteiger partial charge in [-0.3, -0.25) is 0 Å². The molecular formula is C19H20N4O. The van der Waals surface area contributed by atoms with Gasteiger partial charge in [-0.25, -0.2) is 4.98 Å². The number of anilines is 1. The Bertz CT molecular complexity index is 852. The SMILES string of the molecule is c1ccc(-c2cnc3oc(N4CCN5CCC4CC5)nc3c2)cc1. The maximum Gasteiger partial charge on any atom is 0.300 e. The van der Waals surface area contributed by atoms with Gasteiger partial charge in [0.1, 0.15) is 5.52 Å². The number of hydrogen-bond acceptors (Lipinski definition) is 5. The van der Waals surface area contributed by atoms with Crippen LogP contribution in [0.5, 0.6) is 0 Å². The van der Waals surface area contributed by atoms with Crippen LogP contribution in [0.3, 0.4) is 0 Å². The Morgan fingerprint density at radius 2 is 1.79 bits per heavy atom. The van der Waals surface area contributed by atoms with E-state index in [-0.39, 0.29) is 0 Å². The summed E-state index contributed by atoms with van der Waals surface area (Å²) in [6, 6.07) is 13.6. The van der Waals surface area contributed by atoms with Crippen molar-refractivity contribution >= 4 is 17.2 Å². The molecule has 5 nitrogen and oxygen atoms in total. The van der Waals surface area contributed by atoms with Crippen LogP contribution in [-0.4, -0.2) is 47.1 Å². The van der Waals surface area contributed by atoms with Gasteiger partial charge in [-0.15, -0.1) is 0 Å². The third kappa shape index (κ3) is 2.36. The smallest absolute Gasteiger partial charge is 0.300 e. The molecule has 0 radical (unpaired) electrons. The maximum atomic E-state index is 5.99. The molecular weight excluding hydrogens is 300 g/mol. The summed E-state index contributed by atoms with van der Waals surface area (Å²) in [4.78, 5) is 14.1. The number of rotatable bonds is 2. The van der Waals surface area contributed by atoms with Gasteiger partial charge in [0, 0.05) is 44.0 Å². The lowest BCUT2D eigenvalue weighted by atomic mass is 10.1. The van der Waals surface area contributed by atoms with Gasteiger partial charge in [-0.2, -0.15) is 4.98 Å². The van der Waals surface area contributed by atoms with Gasteiger partial charge in [-0.05, 0) is 24.5 Å². The second-order valence-electron chi connectivity index (χ2n) is 6.68. The Morgan fingerprint density at radius 3 is 2.62 bits per heavy atom. The summed E-state index contributed by atoms with van der Waals surface area (Å²) in [5, 5.41) is 0. The fraction of sp³-hybridized carbons (Fsp3) is 0.368. The molecule has 5 heterocycles. The van der Waals surface area contributed by atoms with E-state index in [1.54, 1.807) is 0 Å². The molecule has 3 saturated heterocycles. The van der Waals surface area contributed by atoms with Crippen molar-refractivity contribution in [1.82, 2.24) is 14.9 Å². The number of pyridine rings is 1. The lowest BCUT2D eigenvalue weighted by Gasteiger charge is -2.30. The molecule has 0 spiro atoms. The second kappa shape index (κ2) is 5.60. The highest BCUT2D eigenvalue weighted by Crippen LogP contribution is 2.30. The van der Waals surface area contributed by atoms with Crippen molar-refractivity contribution in [2.24, 2.45) is 0 Å². The van der Waals surface area contributed by atoms with Crippen molar-refractivity contribution in [1.29, 1.82) is 0 Å². The third-order valence-electron chi connectivity index (χ3n) is 5.24. The third-order valence-corrected chi connectivity index (χ3v) is 5.24. The van der Waals surface area contributed by atoms with E-state index in [1.165, 1.54) is 25.9 Å².